The molecule has 0 aliphatic rings. The summed E-state index contributed by atoms with van der Waals surface area (Å²) < 4.78 is 5.12. The number of rotatable bonds is 6. The lowest BCUT2D eigenvalue weighted by molar-refractivity contribution is -0.121. The van der Waals surface area contributed by atoms with Crippen LogP contribution in [0.2, 0.25) is 5.02 Å². The van der Waals surface area contributed by atoms with Crippen LogP contribution >= 0.6 is 11.6 Å². The van der Waals surface area contributed by atoms with Gasteiger partial charge in [0.15, 0.2) is 0 Å². The summed E-state index contributed by atoms with van der Waals surface area (Å²) in [7, 11) is 0. The number of carbonyl (C=O) groups excluding carboxylic acids is 2. The molecule has 2 amide bonds. The Morgan fingerprint density at radius 1 is 1.30 bits per heavy atom. The fourth-order valence-electron chi connectivity index (χ4n) is 1.93. The first-order chi connectivity index (χ1) is 10.7. The highest BCUT2D eigenvalue weighted by Gasteiger charge is 2.15. The fraction of sp³-hybridized carbons (Fsp3) is 0.529. The van der Waals surface area contributed by atoms with Crippen LogP contribution in [0.15, 0.2) is 24.3 Å². The van der Waals surface area contributed by atoms with Crippen molar-refractivity contribution in [2.75, 3.05) is 6.54 Å². The monoisotopic (exact) mass is 340 g/mol. The predicted octanol–water partition coefficient (Wildman–Crippen LogP) is 3.82. The Balaban J connectivity index is 2.26. The molecule has 0 aliphatic heterocycles. The molecule has 1 unspecified atom stereocenters. The van der Waals surface area contributed by atoms with Crippen molar-refractivity contribution in [2.45, 2.75) is 52.2 Å². The third kappa shape index (κ3) is 8.45. The van der Waals surface area contributed by atoms with Gasteiger partial charge < -0.3 is 15.4 Å². The lowest BCUT2D eigenvalue weighted by atomic mass is 10.1. The Kier molecular flexibility index (Phi) is 7.36. The number of hydrogen-bond acceptors (Lipinski definition) is 3. The van der Waals surface area contributed by atoms with Crippen LogP contribution in [0.25, 0.3) is 0 Å². The van der Waals surface area contributed by atoms with Crippen LogP contribution in [0.1, 0.15) is 52.1 Å². The van der Waals surface area contributed by atoms with E-state index in [1.165, 1.54) is 0 Å². The van der Waals surface area contributed by atoms with E-state index in [2.05, 4.69) is 10.6 Å². The van der Waals surface area contributed by atoms with Crippen LogP contribution < -0.4 is 10.6 Å². The number of ether oxygens (including phenoxy) is 1. The first-order valence-corrected chi connectivity index (χ1v) is 8.07. The van der Waals surface area contributed by atoms with Crippen LogP contribution in [0.4, 0.5) is 4.79 Å². The molecule has 0 saturated carbocycles. The highest BCUT2D eigenvalue weighted by atomic mass is 35.5. The van der Waals surface area contributed by atoms with E-state index in [4.69, 9.17) is 16.3 Å². The summed E-state index contributed by atoms with van der Waals surface area (Å²) in [5.41, 5.74) is 0.436. The van der Waals surface area contributed by atoms with E-state index in [1.807, 2.05) is 25.1 Å². The molecule has 0 aliphatic carbocycles. The highest BCUT2D eigenvalue weighted by Crippen LogP contribution is 2.17. The van der Waals surface area contributed by atoms with Crippen molar-refractivity contribution in [3.63, 3.8) is 0 Å². The second-order valence-electron chi connectivity index (χ2n) is 6.38. The molecule has 0 saturated heterocycles. The molecule has 0 heterocycles. The predicted molar refractivity (Wildman–Crippen MR) is 91.5 cm³/mol. The molecule has 0 bridgehead atoms. The molecule has 0 spiro atoms. The molecule has 5 nitrogen and oxygen atoms in total. The maximum atomic E-state index is 11.9. The number of nitrogens with one attached hydrogen (secondary N) is 2. The number of carbonyl (C=O) groups is 2. The van der Waals surface area contributed by atoms with Crippen molar-refractivity contribution in [1.29, 1.82) is 0 Å². The lowest BCUT2D eigenvalue weighted by Gasteiger charge is -2.19. The Morgan fingerprint density at radius 2 is 2.00 bits per heavy atom. The maximum absolute atomic E-state index is 11.9. The Labute approximate surface area is 142 Å². The fourth-order valence-corrected chi connectivity index (χ4v) is 2.13. The summed E-state index contributed by atoms with van der Waals surface area (Å²) >= 11 is 5.94. The van der Waals surface area contributed by atoms with E-state index in [-0.39, 0.29) is 11.9 Å². The molecule has 1 atom stereocenters. The van der Waals surface area contributed by atoms with Gasteiger partial charge in [-0.3, -0.25) is 4.79 Å². The zero-order chi connectivity index (χ0) is 17.5. The number of hydrogen-bond donors (Lipinski definition) is 2. The summed E-state index contributed by atoms with van der Waals surface area (Å²) in [6.45, 7) is 7.71. The van der Waals surface area contributed by atoms with Gasteiger partial charge in [0.1, 0.15) is 5.60 Å². The van der Waals surface area contributed by atoms with E-state index in [0.717, 1.165) is 5.56 Å². The topological polar surface area (TPSA) is 67.4 Å². The van der Waals surface area contributed by atoms with Crippen LogP contribution in [0.5, 0.6) is 0 Å². The van der Waals surface area contributed by atoms with Gasteiger partial charge in [-0.25, -0.2) is 4.79 Å². The second kappa shape index (κ2) is 8.77. The zero-order valence-corrected chi connectivity index (χ0v) is 14.9. The minimum atomic E-state index is -0.520. The molecular formula is C17H25ClN2O3. The average Bonchev–Trinajstić information content (AvgIpc) is 2.41. The van der Waals surface area contributed by atoms with Crippen molar-refractivity contribution < 1.29 is 14.3 Å². The van der Waals surface area contributed by atoms with Gasteiger partial charge in [-0.05, 0) is 51.8 Å². The lowest BCUT2D eigenvalue weighted by Crippen LogP contribution is -2.33. The third-order valence-electron chi connectivity index (χ3n) is 2.98. The number of amides is 2. The Morgan fingerprint density at radius 3 is 2.61 bits per heavy atom. The van der Waals surface area contributed by atoms with Crippen molar-refractivity contribution in [1.82, 2.24) is 10.6 Å². The molecule has 1 aromatic rings. The van der Waals surface area contributed by atoms with Gasteiger partial charge in [0.25, 0.3) is 0 Å². The van der Waals surface area contributed by atoms with Crippen LogP contribution in [-0.4, -0.2) is 24.1 Å². The Bertz CT molecular complexity index is 541. The summed E-state index contributed by atoms with van der Waals surface area (Å²) in [5, 5.41) is 6.18. The van der Waals surface area contributed by atoms with Crippen LogP contribution in [-0.2, 0) is 9.53 Å². The van der Waals surface area contributed by atoms with Crippen molar-refractivity contribution in [2.24, 2.45) is 0 Å². The van der Waals surface area contributed by atoms with Crippen LogP contribution in [0.3, 0.4) is 0 Å². The Hall–Kier alpha value is -1.75. The van der Waals surface area contributed by atoms with Gasteiger partial charge in [0, 0.05) is 18.0 Å². The van der Waals surface area contributed by atoms with Gasteiger partial charge in [0.05, 0.1) is 6.04 Å². The quantitative estimate of drug-likeness (QED) is 0.773. The first-order valence-electron chi connectivity index (χ1n) is 7.69. The smallest absolute Gasteiger partial charge is 0.407 e. The molecule has 6 heteroatoms. The molecule has 0 fully saturated rings. The summed E-state index contributed by atoms with van der Waals surface area (Å²) in [6, 6.07) is 7.28. The van der Waals surface area contributed by atoms with Gasteiger partial charge in [-0.2, -0.15) is 0 Å². The molecule has 1 rings (SSSR count). The van der Waals surface area contributed by atoms with E-state index in [9.17, 15) is 9.59 Å². The molecule has 128 valence electrons. The highest BCUT2D eigenvalue weighted by molar-refractivity contribution is 6.30. The SMILES string of the molecule is CC(NC(=O)CCCNC(=O)OC(C)(C)C)c1cccc(Cl)c1. The largest absolute Gasteiger partial charge is 0.444 e. The minimum Gasteiger partial charge on any atom is -0.444 e. The van der Waals surface area contributed by atoms with Gasteiger partial charge in [0.2, 0.25) is 5.91 Å². The van der Waals surface area contributed by atoms with Crippen molar-refractivity contribution >= 4 is 23.6 Å². The zero-order valence-electron chi connectivity index (χ0n) is 14.1. The summed E-state index contributed by atoms with van der Waals surface area (Å²) in [4.78, 5) is 23.3. The number of alkyl carbamates (subject to hydrolysis) is 1. The average molecular weight is 341 g/mol. The van der Waals surface area contributed by atoms with Gasteiger partial charge >= 0.3 is 6.09 Å². The third-order valence-corrected chi connectivity index (χ3v) is 3.21. The normalized spacial score (nSPS) is 12.4. The molecule has 1 aromatic carbocycles. The van der Waals surface area contributed by atoms with Crippen molar-refractivity contribution in [3.05, 3.63) is 34.9 Å². The molecule has 23 heavy (non-hydrogen) atoms. The second-order valence-corrected chi connectivity index (χ2v) is 6.81. The van der Waals surface area contributed by atoms with Crippen LogP contribution in [0, 0.1) is 0 Å². The van der Waals surface area contributed by atoms with Gasteiger partial charge in [-0.1, -0.05) is 23.7 Å². The summed E-state index contributed by atoms with van der Waals surface area (Å²) in [5.74, 6) is -0.0662. The van der Waals surface area contributed by atoms with E-state index >= 15 is 0 Å². The standard InChI is InChI=1S/C17H25ClN2O3/c1-12(13-7-5-8-14(18)11-13)20-15(21)9-6-10-19-16(22)23-17(2,3)4/h5,7-8,11-12H,6,9-10H2,1-4H3,(H,19,22)(H,20,21). The maximum Gasteiger partial charge on any atom is 0.407 e. The summed E-state index contributed by atoms with van der Waals surface area (Å²) in [6.07, 6.45) is 0.416. The van der Waals surface area contributed by atoms with E-state index < -0.39 is 11.7 Å². The van der Waals surface area contributed by atoms with Crippen molar-refractivity contribution in [3.8, 4) is 0 Å². The molecule has 0 aromatic heterocycles. The number of benzene rings is 1. The minimum absolute atomic E-state index is 0.0662. The first kappa shape index (κ1) is 19.3. The molecular weight excluding hydrogens is 316 g/mol. The molecule has 0 radical (unpaired) electrons. The number of halogens is 1. The van der Waals surface area contributed by atoms with E-state index in [1.54, 1.807) is 26.8 Å². The van der Waals surface area contributed by atoms with E-state index in [0.29, 0.717) is 24.4 Å². The molecule has 2 N–H and O–H groups in total. The van der Waals surface area contributed by atoms with Gasteiger partial charge in [-0.15, -0.1) is 0 Å².